The third kappa shape index (κ3) is 3.63. The molecule has 7 heteroatoms. The maximum absolute atomic E-state index is 12.2. The van der Waals surface area contributed by atoms with Crippen LogP contribution >= 0.6 is 11.3 Å². The smallest absolute Gasteiger partial charge is 0.253 e. The molecule has 0 fully saturated rings. The number of aromatic nitrogens is 1. The zero-order valence-corrected chi connectivity index (χ0v) is 12.7. The van der Waals surface area contributed by atoms with Crippen molar-refractivity contribution < 1.29 is 14.3 Å². The molecular weight excluding hydrogens is 290 g/mol. The molecule has 6 nitrogen and oxygen atoms in total. The summed E-state index contributed by atoms with van der Waals surface area (Å²) in [6.45, 7) is 0.500. The molecule has 0 bridgehead atoms. The van der Waals surface area contributed by atoms with Gasteiger partial charge in [-0.25, -0.2) is 4.98 Å². The molecule has 0 aliphatic carbocycles. The Morgan fingerprint density at radius 3 is 2.67 bits per heavy atom. The second-order valence-corrected chi connectivity index (χ2v) is 5.21. The monoisotopic (exact) mass is 307 g/mol. The number of nitrogens with two attached hydrogens (primary N) is 1. The van der Waals surface area contributed by atoms with Gasteiger partial charge in [0.2, 0.25) is 0 Å². The van der Waals surface area contributed by atoms with Crippen LogP contribution in [0.3, 0.4) is 0 Å². The van der Waals surface area contributed by atoms with Gasteiger partial charge in [0, 0.05) is 36.3 Å². The van der Waals surface area contributed by atoms with Crippen molar-refractivity contribution in [3.63, 3.8) is 0 Å². The minimum absolute atomic E-state index is 0.245. The molecule has 0 saturated heterocycles. The van der Waals surface area contributed by atoms with E-state index in [1.54, 1.807) is 29.7 Å². The number of nitrogen functional groups attached to an aromatic ring is 1. The minimum atomic E-state index is -0.245. The number of carbonyl (C=O) groups excluding carboxylic acids is 1. The highest BCUT2D eigenvalue weighted by molar-refractivity contribution is 7.09. The number of methoxy groups -OCH3 is 2. The fraction of sp³-hybridized carbons (Fsp3) is 0.286. The summed E-state index contributed by atoms with van der Waals surface area (Å²) in [7, 11) is 3.03. The van der Waals surface area contributed by atoms with Gasteiger partial charge in [0.15, 0.2) is 11.5 Å². The first-order valence-corrected chi connectivity index (χ1v) is 7.21. The van der Waals surface area contributed by atoms with Gasteiger partial charge in [-0.2, -0.15) is 0 Å². The third-order valence-corrected chi connectivity index (χ3v) is 3.75. The van der Waals surface area contributed by atoms with Crippen LogP contribution < -0.4 is 20.5 Å². The van der Waals surface area contributed by atoms with Gasteiger partial charge in [-0.1, -0.05) is 0 Å². The van der Waals surface area contributed by atoms with E-state index < -0.39 is 0 Å². The first-order valence-electron chi connectivity index (χ1n) is 6.33. The van der Waals surface area contributed by atoms with Gasteiger partial charge in [-0.05, 0) is 6.07 Å². The predicted octanol–water partition coefficient (Wildman–Crippen LogP) is 1.71. The summed E-state index contributed by atoms with van der Waals surface area (Å²) >= 11 is 1.56. The van der Waals surface area contributed by atoms with Crippen LogP contribution in [-0.2, 0) is 6.42 Å². The standard InChI is InChI=1S/C14H17N3O3S/c1-19-11-7-9(10(15)8-12(11)20-2)14(18)17-4-3-13-16-5-6-21-13/h5-8H,3-4,15H2,1-2H3,(H,17,18). The van der Waals surface area contributed by atoms with E-state index in [2.05, 4.69) is 10.3 Å². The van der Waals surface area contributed by atoms with Crippen LogP contribution in [-0.4, -0.2) is 31.7 Å². The van der Waals surface area contributed by atoms with Gasteiger partial charge < -0.3 is 20.5 Å². The number of carbonyl (C=O) groups is 1. The summed E-state index contributed by atoms with van der Waals surface area (Å²) in [4.78, 5) is 16.3. The Bertz CT molecular complexity index is 614. The first-order chi connectivity index (χ1) is 10.2. The lowest BCUT2D eigenvalue weighted by atomic mass is 10.1. The molecule has 0 aliphatic heterocycles. The van der Waals surface area contributed by atoms with Crippen LogP contribution in [0.25, 0.3) is 0 Å². The number of hydrogen-bond donors (Lipinski definition) is 2. The molecule has 0 spiro atoms. The summed E-state index contributed by atoms with van der Waals surface area (Å²) in [6.07, 6.45) is 2.44. The highest BCUT2D eigenvalue weighted by Crippen LogP contribution is 2.31. The minimum Gasteiger partial charge on any atom is -0.493 e. The molecule has 1 heterocycles. The van der Waals surface area contributed by atoms with Crippen molar-refractivity contribution in [1.82, 2.24) is 10.3 Å². The molecule has 2 rings (SSSR count). The van der Waals surface area contributed by atoms with Crippen molar-refractivity contribution in [2.24, 2.45) is 0 Å². The Balaban J connectivity index is 2.04. The zero-order chi connectivity index (χ0) is 15.2. The van der Waals surface area contributed by atoms with Gasteiger partial charge >= 0.3 is 0 Å². The van der Waals surface area contributed by atoms with Crippen molar-refractivity contribution in [3.05, 3.63) is 34.3 Å². The Morgan fingerprint density at radius 1 is 1.33 bits per heavy atom. The number of ether oxygens (including phenoxy) is 2. The van der Waals surface area contributed by atoms with Crippen molar-refractivity contribution in [2.75, 3.05) is 26.5 Å². The van der Waals surface area contributed by atoms with E-state index in [1.807, 2.05) is 5.38 Å². The van der Waals surface area contributed by atoms with Crippen LogP contribution in [0.2, 0.25) is 0 Å². The predicted molar refractivity (Wildman–Crippen MR) is 82.1 cm³/mol. The highest BCUT2D eigenvalue weighted by Gasteiger charge is 2.15. The maximum Gasteiger partial charge on any atom is 0.253 e. The third-order valence-electron chi connectivity index (χ3n) is 2.91. The second-order valence-electron chi connectivity index (χ2n) is 4.23. The Morgan fingerprint density at radius 2 is 2.05 bits per heavy atom. The van der Waals surface area contributed by atoms with Crippen LogP contribution in [0.1, 0.15) is 15.4 Å². The molecule has 0 saturated carbocycles. The van der Waals surface area contributed by atoms with E-state index in [9.17, 15) is 4.79 Å². The van der Waals surface area contributed by atoms with Crippen LogP contribution in [0.5, 0.6) is 11.5 Å². The molecule has 112 valence electrons. The van der Waals surface area contributed by atoms with Gasteiger partial charge in [0.25, 0.3) is 5.91 Å². The van der Waals surface area contributed by atoms with Gasteiger partial charge in [-0.3, -0.25) is 4.79 Å². The van der Waals surface area contributed by atoms with Crippen molar-refractivity contribution in [2.45, 2.75) is 6.42 Å². The van der Waals surface area contributed by atoms with Crippen molar-refractivity contribution in [3.8, 4) is 11.5 Å². The average molecular weight is 307 g/mol. The highest BCUT2D eigenvalue weighted by atomic mass is 32.1. The van der Waals surface area contributed by atoms with Crippen LogP contribution in [0.4, 0.5) is 5.69 Å². The van der Waals surface area contributed by atoms with Crippen molar-refractivity contribution in [1.29, 1.82) is 0 Å². The molecule has 1 amide bonds. The summed E-state index contributed by atoms with van der Waals surface area (Å²) in [5.74, 6) is 0.719. The molecule has 3 N–H and O–H groups in total. The number of thiazole rings is 1. The number of anilines is 1. The molecule has 1 aromatic heterocycles. The lowest BCUT2D eigenvalue weighted by molar-refractivity contribution is 0.0954. The number of amides is 1. The first kappa shape index (κ1) is 15.1. The number of hydrogen-bond acceptors (Lipinski definition) is 6. The van der Waals surface area contributed by atoms with E-state index in [4.69, 9.17) is 15.2 Å². The summed E-state index contributed by atoms with van der Waals surface area (Å²) < 4.78 is 10.3. The number of benzene rings is 1. The molecule has 0 atom stereocenters. The van der Waals surface area contributed by atoms with E-state index in [0.717, 1.165) is 5.01 Å². The molecule has 0 aliphatic rings. The molecule has 1 aromatic carbocycles. The van der Waals surface area contributed by atoms with E-state index >= 15 is 0 Å². The quantitative estimate of drug-likeness (QED) is 0.794. The zero-order valence-electron chi connectivity index (χ0n) is 11.9. The number of nitrogens with one attached hydrogen (secondary N) is 1. The summed E-state index contributed by atoms with van der Waals surface area (Å²) in [5, 5.41) is 5.71. The number of nitrogens with zero attached hydrogens (tertiary/aromatic N) is 1. The molecule has 0 radical (unpaired) electrons. The maximum atomic E-state index is 12.2. The Labute approximate surface area is 126 Å². The second kappa shape index (κ2) is 6.94. The van der Waals surface area contributed by atoms with Gasteiger partial charge in [0.05, 0.1) is 24.8 Å². The molecule has 21 heavy (non-hydrogen) atoms. The van der Waals surface area contributed by atoms with Gasteiger partial charge in [0.1, 0.15) is 0 Å². The van der Waals surface area contributed by atoms with Crippen LogP contribution in [0, 0.1) is 0 Å². The van der Waals surface area contributed by atoms with E-state index in [1.165, 1.54) is 14.2 Å². The van der Waals surface area contributed by atoms with E-state index in [0.29, 0.717) is 35.7 Å². The SMILES string of the molecule is COc1cc(N)c(C(=O)NCCc2nccs2)cc1OC. The summed E-state index contributed by atoms with van der Waals surface area (Å²) in [6, 6.07) is 3.15. The largest absolute Gasteiger partial charge is 0.493 e. The molecule has 0 unspecified atom stereocenters. The normalized spacial score (nSPS) is 10.2. The molecular formula is C14H17N3O3S. The van der Waals surface area contributed by atoms with E-state index in [-0.39, 0.29) is 5.91 Å². The Hall–Kier alpha value is -2.28. The van der Waals surface area contributed by atoms with Crippen LogP contribution in [0.15, 0.2) is 23.7 Å². The number of rotatable bonds is 6. The lowest BCUT2D eigenvalue weighted by Gasteiger charge is -2.12. The average Bonchev–Trinajstić information content (AvgIpc) is 3.00. The summed E-state index contributed by atoms with van der Waals surface area (Å²) in [5.41, 5.74) is 6.60. The van der Waals surface area contributed by atoms with Crippen molar-refractivity contribution >= 4 is 22.9 Å². The lowest BCUT2D eigenvalue weighted by Crippen LogP contribution is -2.26. The fourth-order valence-corrected chi connectivity index (χ4v) is 2.47. The topological polar surface area (TPSA) is 86.5 Å². The molecule has 2 aromatic rings. The van der Waals surface area contributed by atoms with Gasteiger partial charge in [-0.15, -0.1) is 11.3 Å². The Kier molecular flexibility index (Phi) is 4.99. The fourth-order valence-electron chi connectivity index (χ4n) is 1.85.